The van der Waals surface area contributed by atoms with Crippen LogP contribution in [-0.2, 0) is 45.0 Å². The van der Waals surface area contributed by atoms with Crippen molar-refractivity contribution < 1.29 is 33.5 Å². The Morgan fingerprint density at radius 3 is 0.846 bits per heavy atom. The molecule has 3 aliphatic carbocycles. The maximum Gasteiger partial charge on any atom is 0.276 e. The molecule has 3 amide bonds. The van der Waals surface area contributed by atoms with Gasteiger partial charge in [0.1, 0.15) is 22.0 Å². The molecule has 15 rings (SSSR count). The zero-order chi connectivity index (χ0) is 74.7. The maximum atomic E-state index is 14.3. The first-order chi connectivity index (χ1) is 49.2. The van der Waals surface area contributed by atoms with Crippen molar-refractivity contribution in [3.8, 4) is 22.8 Å². The van der Waals surface area contributed by atoms with E-state index in [0.29, 0.717) is 152 Å². The van der Waals surface area contributed by atoms with Gasteiger partial charge in [-0.3, -0.25) is 73.1 Å². The number of carbonyl (C=O) groups excluding carboxylic acids is 6. The van der Waals surface area contributed by atoms with Crippen LogP contribution >= 0.6 is 0 Å². The molecule has 19 heteroatoms. The van der Waals surface area contributed by atoms with Crippen LogP contribution in [0.1, 0.15) is 160 Å². The number of anilines is 3. The monoisotopic (exact) mass is 1400 g/mol. The third-order valence-corrected chi connectivity index (χ3v) is 21.7. The summed E-state index contributed by atoms with van der Waals surface area (Å²) in [5.74, 6) is 0.0394. The highest BCUT2D eigenvalue weighted by Crippen LogP contribution is 2.56. The van der Waals surface area contributed by atoms with Crippen molar-refractivity contribution >= 4 is 52.1 Å². The van der Waals surface area contributed by atoms with Crippen molar-refractivity contribution in [1.29, 1.82) is 0 Å². The first-order valence-corrected chi connectivity index (χ1v) is 35.4. The molecule has 104 heavy (non-hydrogen) atoms. The van der Waals surface area contributed by atoms with Gasteiger partial charge in [0.25, 0.3) is 16.7 Å². The molecule has 19 nitrogen and oxygen atoms in total. The summed E-state index contributed by atoms with van der Waals surface area (Å²) in [6, 6.07) is 52.3. The van der Waals surface area contributed by atoms with E-state index in [-0.39, 0.29) is 68.0 Å². The van der Waals surface area contributed by atoms with Crippen LogP contribution in [0.3, 0.4) is 0 Å². The second-order valence-corrected chi connectivity index (χ2v) is 31.6. The number of aryl methyl sites for hydroxylation is 3. The van der Waals surface area contributed by atoms with Crippen LogP contribution in [0.2, 0.25) is 0 Å². The number of hydrogen-bond acceptors (Lipinski definition) is 10. The van der Waals surface area contributed by atoms with Crippen molar-refractivity contribution in [2.24, 2.45) is 16.2 Å². The van der Waals surface area contributed by atoms with Gasteiger partial charge in [-0.1, -0.05) is 140 Å². The number of ketones is 3. The van der Waals surface area contributed by atoms with Gasteiger partial charge in [0, 0.05) is 87.2 Å². The Hall–Kier alpha value is -11.2. The molecule has 0 bridgehead atoms. The Morgan fingerprint density at radius 1 is 0.337 bits per heavy atom. The molecule has 3 atom stereocenters. The fraction of sp³-hybridized carbons (Fsp3) is 0.329. The molecule has 3 unspecified atom stereocenters. The maximum absolute atomic E-state index is 14.3. The number of aromatic nitrogens is 6. The predicted molar refractivity (Wildman–Crippen MR) is 403 cm³/mol. The van der Waals surface area contributed by atoms with Crippen molar-refractivity contribution in [3.63, 3.8) is 0 Å². The number of ether oxygens (including phenoxy) is 1. The minimum absolute atomic E-state index is 0.0663. The van der Waals surface area contributed by atoms with Crippen molar-refractivity contribution in [2.75, 3.05) is 21.8 Å². The van der Waals surface area contributed by atoms with Crippen LogP contribution in [-0.4, -0.2) is 71.5 Å². The average molecular weight is 1400 g/mol. The van der Waals surface area contributed by atoms with E-state index in [1.54, 1.807) is 87.6 Å². The van der Waals surface area contributed by atoms with Crippen molar-refractivity contribution in [1.82, 2.24) is 29.3 Å². The fourth-order valence-electron chi connectivity index (χ4n) is 17.0. The molecule has 0 fully saturated rings. The Morgan fingerprint density at radius 2 is 0.587 bits per heavy atom. The minimum atomic E-state index is -1.39. The van der Waals surface area contributed by atoms with Gasteiger partial charge >= 0.3 is 0 Å². The highest BCUT2D eigenvalue weighted by Gasteiger charge is 2.61. The summed E-state index contributed by atoms with van der Waals surface area (Å²) < 4.78 is 9.58. The standard InChI is InChI=1S/C30H33N3O3.C28H29N3O4.C27H27N3O3/c1-18(2)20-12-14-22(15-13-20)33-27(35)25(19(3)31-33)30(6)26-23(16-29(4,5)17-24(26)34)32(28(30)36)21-10-8-7-9-11-21;1-17-23(25(33)31(29-17)19-11-13-20(35-5)14-12-19)28(4)24-21(15-27(2,3)16-22(24)32)30(26(28)34)18-9-7-6-8-10-18;1-17-22(24(32)30(28-17)19-13-9-6-10-14-19)27(4)23-20(15-26(2,3)16-21(23)31)29(25(27)33)18-11-7-5-8-12-18/h7-15,18,31H,16-17H2,1-6H3;6-14,29H,15-16H2,1-5H3;5-14,28H,15-16H2,1-4H3. The SMILES string of the molecule is COc1ccc(-n2[nH]c(C)c(C3(C)C(=O)N(c4ccccc4)C4=C3C(=O)CC(C)(C)C4)c2=O)cc1.Cc1[nH]n(-c2ccc(C(C)C)cc2)c(=O)c1C1(C)C(=O)N(c2ccccc2)C2=C1C(=O)CC(C)(C)C2.Cc1[nH]n(-c2ccccc2)c(=O)c1C1(C)C(=O)N(c2ccccc2)C2=C1C(=O)CC(C)(C)C2. The zero-order valence-corrected chi connectivity index (χ0v) is 61.8. The molecule has 534 valence electrons. The number of Topliss-reactive ketones (excluding diaryl/α,β-unsaturated/α-hetero) is 3. The molecule has 6 aromatic carbocycles. The normalized spacial score (nSPS) is 21.7. The molecule has 6 aliphatic rings. The molecule has 0 saturated heterocycles. The molecule has 6 heterocycles. The summed E-state index contributed by atoms with van der Waals surface area (Å²) in [6.45, 7) is 27.1. The molecular weight excluding hydrogens is 1310 g/mol. The zero-order valence-electron chi connectivity index (χ0n) is 61.8. The molecule has 0 spiro atoms. The molecule has 3 aliphatic heterocycles. The Balaban J connectivity index is 0.000000139. The molecule has 0 radical (unpaired) electrons. The number of allylic oxidation sites excluding steroid dienone is 3. The van der Waals surface area contributed by atoms with Crippen molar-refractivity contribution in [3.05, 3.63) is 274 Å². The quantitative estimate of drug-likeness (QED) is 0.111. The fourth-order valence-corrected chi connectivity index (χ4v) is 17.0. The number of benzene rings is 6. The van der Waals surface area contributed by atoms with Crippen molar-refractivity contribution in [2.45, 2.75) is 158 Å². The molecule has 3 N–H and O–H groups in total. The van der Waals surface area contributed by atoms with Gasteiger partial charge in [-0.05, 0) is 173 Å². The number of amides is 3. The van der Waals surface area contributed by atoms with Gasteiger partial charge in [0.15, 0.2) is 17.3 Å². The largest absolute Gasteiger partial charge is 0.497 e. The third-order valence-electron chi connectivity index (χ3n) is 21.7. The van der Waals surface area contributed by atoms with Gasteiger partial charge < -0.3 is 4.74 Å². The summed E-state index contributed by atoms with van der Waals surface area (Å²) in [7, 11) is 1.58. The van der Waals surface area contributed by atoms with Gasteiger partial charge in [-0.25, -0.2) is 14.0 Å². The van der Waals surface area contributed by atoms with Crippen LogP contribution in [0.4, 0.5) is 17.1 Å². The summed E-state index contributed by atoms with van der Waals surface area (Å²) in [5.41, 5.74) is 5.50. The Kier molecular flexibility index (Phi) is 17.8. The van der Waals surface area contributed by atoms with E-state index in [1.807, 2.05) is 187 Å². The van der Waals surface area contributed by atoms with Gasteiger partial charge in [-0.2, -0.15) is 0 Å². The highest BCUT2D eigenvalue weighted by molar-refractivity contribution is 6.21. The molecule has 9 aromatic rings. The lowest BCUT2D eigenvalue weighted by Crippen LogP contribution is -2.43. The average Bonchev–Trinajstić information content (AvgIpc) is 1.57. The van der Waals surface area contributed by atoms with E-state index in [2.05, 4.69) is 29.1 Å². The van der Waals surface area contributed by atoms with Crippen LogP contribution in [0.15, 0.2) is 218 Å². The van der Waals surface area contributed by atoms with E-state index < -0.39 is 16.2 Å². The number of carbonyl (C=O) groups is 6. The molecule has 0 saturated carbocycles. The Labute approximate surface area is 604 Å². The summed E-state index contributed by atoms with van der Waals surface area (Å²) in [4.78, 5) is 130. The van der Waals surface area contributed by atoms with Crippen LogP contribution in [0, 0.1) is 37.0 Å². The second kappa shape index (κ2) is 25.9. The van der Waals surface area contributed by atoms with E-state index in [9.17, 15) is 43.2 Å². The lowest BCUT2D eigenvalue weighted by molar-refractivity contribution is -0.124. The van der Waals surface area contributed by atoms with E-state index in [1.165, 1.54) is 19.6 Å². The number of H-pyrrole nitrogens is 3. The first-order valence-electron chi connectivity index (χ1n) is 35.4. The van der Waals surface area contributed by atoms with E-state index >= 15 is 0 Å². The number of aromatic amines is 3. The lowest BCUT2D eigenvalue weighted by Gasteiger charge is -2.33. The molecule has 3 aromatic heterocycles. The predicted octanol–water partition coefficient (Wildman–Crippen LogP) is 14.4. The van der Waals surface area contributed by atoms with Gasteiger partial charge in [0.2, 0.25) is 17.7 Å². The minimum Gasteiger partial charge on any atom is -0.497 e. The lowest BCUT2D eigenvalue weighted by atomic mass is 9.68. The highest BCUT2D eigenvalue weighted by atomic mass is 16.5. The number of nitrogens with zero attached hydrogens (tertiary/aromatic N) is 6. The van der Waals surface area contributed by atoms with Gasteiger partial charge in [-0.15, -0.1) is 0 Å². The number of methoxy groups -OCH3 is 1. The first kappa shape index (κ1) is 71.2. The second-order valence-electron chi connectivity index (χ2n) is 31.6. The summed E-state index contributed by atoms with van der Waals surface area (Å²) in [5, 5.41) is 9.44. The number of nitrogens with one attached hydrogen (secondary N) is 3. The van der Waals surface area contributed by atoms with Crippen LogP contribution in [0.25, 0.3) is 17.1 Å². The Bertz CT molecular complexity index is 5290. The van der Waals surface area contributed by atoms with E-state index in [0.717, 1.165) is 0 Å². The van der Waals surface area contributed by atoms with E-state index in [4.69, 9.17) is 4.74 Å². The topological polar surface area (TPSA) is 235 Å². The number of rotatable bonds is 11. The summed E-state index contributed by atoms with van der Waals surface area (Å²) in [6.07, 6.45) is 2.74. The van der Waals surface area contributed by atoms with Crippen LogP contribution in [0.5, 0.6) is 5.75 Å². The third kappa shape index (κ3) is 11.6. The van der Waals surface area contributed by atoms with Gasteiger partial charge in [0.05, 0.1) is 40.9 Å². The number of para-hydroxylation sites is 4. The molecular formula is C85H89N9O10. The smallest absolute Gasteiger partial charge is 0.276 e. The number of hydrogen-bond donors (Lipinski definition) is 3. The van der Waals surface area contributed by atoms with Crippen LogP contribution < -0.4 is 36.1 Å². The summed E-state index contributed by atoms with van der Waals surface area (Å²) >= 11 is 0.